The standard InChI is InChI=1S/C15H26BrN/c1-7-11(4)15(12(5)8-2)14(16)10-13(9-3)17-6/h9-12,17H,3,7-8H2,1-2,4-6H3/b13-10+,15-14-/t11?,12-/m1/s1. The molecule has 0 fully saturated rings. The van der Waals surface area contributed by atoms with E-state index >= 15 is 0 Å². The van der Waals surface area contributed by atoms with Gasteiger partial charge in [0.15, 0.2) is 0 Å². The van der Waals surface area contributed by atoms with E-state index < -0.39 is 0 Å². The molecule has 98 valence electrons. The van der Waals surface area contributed by atoms with Gasteiger partial charge in [0.1, 0.15) is 0 Å². The molecule has 1 nitrogen and oxygen atoms in total. The molecule has 0 saturated carbocycles. The summed E-state index contributed by atoms with van der Waals surface area (Å²) in [5, 5.41) is 3.13. The van der Waals surface area contributed by atoms with E-state index in [1.807, 2.05) is 13.1 Å². The van der Waals surface area contributed by atoms with Crippen LogP contribution >= 0.6 is 15.9 Å². The van der Waals surface area contributed by atoms with Gasteiger partial charge in [-0.15, -0.1) is 0 Å². The minimum atomic E-state index is 0.610. The van der Waals surface area contributed by atoms with Crippen LogP contribution in [0.3, 0.4) is 0 Å². The molecule has 0 aromatic heterocycles. The lowest BCUT2D eigenvalue weighted by molar-refractivity contribution is 0.529. The summed E-state index contributed by atoms with van der Waals surface area (Å²) in [5.74, 6) is 1.22. The first-order valence-electron chi connectivity index (χ1n) is 6.43. The monoisotopic (exact) mass is 299 g/mol. The molecule has 0 amide bonds. The second kappa shape index (κ2) is 8.57. The van der Waals surface area contributed by atoms with Crippen LogP contribution in [0.5, 0.6) is 0 Å². The van der Waals surface area contributed by atoms with Gasteiger partial charge >= 0.3 is 0 Å². The lowest BCUT2D eigenvalue weighted by Gasteiger charge is -2.22. The lowest BCUT2D eigenvalue weighted by atomic mass is 9.86. The third kappa shape index (κ3) is 5.12. The molecule has 0 aliphatic carbocycles. The zero-order chi connectivity index (χ0) is 13.4. The molecule has 17 heavy (non-hydrogen) atoms. The minimum absolute atomic E-state index is 0.610. The molecule has 0 spiro atoms. The maximum Gasteiger partial charge on any atom is 0.0342 e. The number of hydrogen-bond acceptors (Lipinski definition) is 1. The fourth-order valence-corrected chi connectivity index (χ4v) is 2.88. The topological polar surface area (TPSA) is 12.0 Å². The van der Waals surface area contributed by atoms with Gasteiger partial charge in [-0.05, 0) is 36.8 Å². The Morgan fingerprint density at radius 1 is 1.24 bits per heavy atom. The fourth-order valence-electron chi connectivity index (χ4n) is 1.85. The van der Waals surface area contributed by atoms with E-state index in [2.05, 4.69) is 61.6 Å². The van der Waals surface area contributed by atoms with Crippen molar-refractivity contribution in [2.75, 3.05) is 7.05 Å². The second-order valence-corrected chi connectivity index (χ2v) is 5.33. The molecule has 0 rings (SSSR count). The van der Waals surface area contributed by atoms with Crippen LogP contribution in [-0.4, -0.2) is 7.05 Å². The Morgan fingerprint density at radius 2 is 1.71 bits per heavy atom. The summed E-state index contributed by atoms with van der Waals surface area (Å²) in [4.78, 5) is 0. The van der Waals surface area contributed by atoms with Gasteiger partial charge in [0, 0.05) is 17.2 Å². The van der Waals surface area contributed by atoms with Gasteiger partial charge in [-0.25, -0.2) is 0 Å². The van der Waals surface area contributed by atoms with Crippen LogP contribution in [0, 0.1) is 11.8 Å². The second-order valence-electron chi connectivity index (χ2n) is 4.48. The van der Waals surface area contributed by atoms with Crippen molar-refractivity contribution in [3.8, 4) is 0 Å². The normalized spacial score (nSPS) is 17.2. The maximum atomic E-state index is 3.80. The number of allylic oxidation sites excluding steroid dienone is 4. The van der Waals surface area contributed by atoms with Crippen molar-refractivity contribution < 1.29 is 0 Å². The summed E-state index contributed by atoms with van der Waals surface area (Å²) in [6.07, 6.45) is 6.31. The molecule has 0 radical (unpaired) electrons. The van der Waals surface area contributed by atoms with E-state index in [1.54, 1.807) is 0 Å². The molecule has 0 aliphatic heterocycles. The third-order valence-electron chi connectivity index (χ3n) is 3.35. The van der Waals surface area contributed by atoms with Gasteiger partial charge in [-0.3, -0.25) is 0 Å². The molecule has 0 aromatic carbocycles. The van der Waals surface area contributed by atoms with E-state index in [4.69, 9.17) is 0 Å². The van der Waals surface area contributed by atoms with Gasteiger partial charge in [0.25, 0.3) is 0 Å². The van der Waals surface area contributed by atoms with Crippen molar-refractivity contribution in [3.05, 3.63) is 34.5 Å². The number of rotatable bonds is 7. The first-order valence-corrected chi connectivity index (χ1v) is 7.22. The Hall–Kier alpha value is -0.500. The number of halogens is 1. The highest BCUT2D eigenvalue weighted by atomic mass is 79.9. The molecule has 0 bridgehead atoms. The highest BCUT2D eigenvalue weighted by Gasteiger charge is 2.16. The summed E-state index contributed by atoms with van der Waals surface area (Å²) in [7, 11) is 1.92. The van der Waals surface area contributed by atoms with Crippen LogP contribution in [0.1, 0.15) is 40.5 Å². The van der Waals surface area contributed by atoms with Gasteiger partial charge in [0.2, 0.25) is 0 Å². The average molecular weight is 300 g/mol. The summed E-state index contributed by atoms with van der Waals surface area (Å²) in [6, 6.07) is 0. The first kappa shape index (κ1) is 16.5. The SMILES string of the molecule is C=C/C(=C\C(Br)=C(/C(C)CC)[C@H](C)CC)NC. The Morgan fingerprint density at radius 3 is 2.00 bits per heavy atom. The molecule has 0 heterocycles. The lowest BCUT2D eigenvalue weighted by Crippen LogP contribution is -2.09. The zero-order valence-electron chi connectivity index (χ0n) is 11.8. The average Bonchev–Trinajstić information content (AvgIpc) is 2.35. The molecule has 0 aliphatic rings. The van der Waals surface area contributed by atoms with Crippen LogP contribution < -0.4 is 5.32 Å². The van der Waals surface area contributed by atoms with Crippen LogP contribution in [-0.2, 0) is 0 Å². The summed E-state index contributed by atoms with van der Waals surface area (Å²) in [5.41, 5.74) is 2.55. The third-order valence-corrected chi connectivity index (χ3v) is 4.04. The number of hydrogen-bond donors (Lipinski definition) is 1. The Bertz CT molecular complexity index is 290. The van der Waals surface area contributed by atoms with E-state index in [1.165, 1.54) is 22.9 Å². The van der Waals surface area contributed by atoms with Gasteiger partial charge < -0.3 is 5.32 Å². The van der Waals surface area contributed by atoms with Crippen LogP contribution in [0.15, 0.2) is 34.5 Å². The Kier molecular flexibility index (Phi) is 8.32. The maximum absolute atomic E-state index is 3.80. The molecule has 2 heteroatoms. The Balaban J connectivity index is 5.37. The van der Waals surface area contributed by atoms with Gasteiger partial charge in [0.05, 0.1) is 0 Å². The largest absolute Gasteiger partial charge is 0.388 e. The summed E-state index contributed by atoms with van der Waals surface area (Å²) >= 11 is 3.72. The van der Waals surface area contributed by atoms with Crippen LogP contribution in [0.25, 0.3) is 0 Å². The highest BCUT2D eigenvalue weighted by molar-refractivity contribution is 9.11. The zero-order valence-corrected chi connectivity index (χ0v) is 13.4. The molecule has 0 saturated heterocycles. The van der Waals surface area contributed by atoms with Crippen molar-refractivity contribution in [2.24, 2.45) is 11.8 Å². The summed E-state index contributed by atoms with van der Waals surface area (Å²) < 4.78 is 1.20. The van der Waals surface area contributed by atoms with E-state index in [0.29, 0.717) is 11.8 Å². The fraction of sp³-hybridized carbons (Fsp3) is 0.600. The van der Waals surface area contributed by atoms with Crippen molar-refractivity contribution in [1.29, 1.82) is 0 Å². The molecule has 0 aromatic rings. The van der Waals surface area contributed by atoms with Crippen molar-refractivity contribution in [2.45, 2.75) is 40.5 Å². The van der Waals surface area contributed by atoms with Crippen molar-refractivity contribution in [3.63, 3.8) is 0 Å². The predicted molar refractivity (Wildman–Crippen MR) is 82.2 cm³/mol. The van der Waals surface area contributed by atoms with E-state index in [0.717, 1.165) is 5.70 Å². The van der Waals surface area contributed by atoms with Crippen molar-refractivity contribution in [1.82, 2.24) is 5.32 Å². The number of likely N-dealkylation sites (N-methyl/N-ethyl adjacent to an activating group) is 1. The highest BCUT2D eigenvalue weighted by Crippen LogP contribution is 2.31. The summed E-state index contributed by atoms with van der Waals surface area (Å²) in [6.45, 7) is 12.9. The smallest absolute Gasteiger partial charge is 0.0342 e. The minimum Gasteiger partial charge on any atom is -0.388 e. The van der Waals surface area contributed by atoms with E-state index in [9.17, 15) is 0 Å². The van der Waals surface area contributed by atoms with Gasteiger partial charge in [-0.2, -0.15) is 0 Å². The quantitative estimate of drug-likeness (QED) is 0.651. The molecule has 1 N–H and O–H groups in total. The first-order chi connectivity index (χ1) is 8.01. The Labute approximate surface area is 115 Å². The molecule has 2 atom stereocenters. The van der Waals surface area contributed by atoms with Gasteiger partial charge in [-0.1, -0.05) is 55.8 Å². The molecular weight excluding hydrogens is 274 g/mol. The molecular formula is C15H26BrN. The van der Waals surface area contributed by atoms with Crippen molar-refractivity contribution >= 4 is 15.9 Å². The van der Waals surface area contributed by atoms with Crippen LogP contribution in [0.4, 0.5) is 0 Å². The number of nitrogens with one attached hydrogen (secondary N) is 1. The predicted octanol–water partition coefficient (Wildman–Crippen LogP) is 5.02. The van der Waals surface area contributed by atoms with E-state index in [-0.39, 0.29) is 0 Å². The van der Waals surface area contributed by atoms with Crippen LogP contribution in [0.2, 0.25) is 0 Å². The molecule has 1 unspecified atom stereocenters.